The number of anilines is 3. The van der Waals surface area contributed by atoms with Gasteiger partial charge >= 0.3 is 0 Å². The average molecular weight is 281 g/mol. The van der Waals surface area contributed by atoms with Gasteiger partial charge in [0, 0.05) is 33.7 Å². The van der Waals surface area contributed by atoms with E-state index in [4.69, 9.17) is 10.5 Å². The lowest BCUT2D eigenvalue weighted by Gasteiger charge is -2.32. The Hall–Kier alpha value is -1.67. The number of nitrogens with one attached hydrogen (secondary N) is 1. The Morgan fingerprint density at radius 2 is 2.20 bits per heavy atom. The van der Waals surface area contributed by atoms with E-state index in [0.29, 0.717) is 18.4 Å². The van der Waals surface area contributed by atoms with Gasteiger partial charge in [-0.3, -0.25) is 4.90 Å². The van der Waals surface area contributed by atoms with Crippen LogP contribution in [0.1, 0.15) is 6.92 Å². The molecule has 3 N–H and O–H groups in total. The molecule has 0 saturated carbocycles. The van der Waals surface area contributed by atoms with Crippen LogP contribution in [0.25, 0.3) is 0 Å². The molecule has 2 rings (SSSR count). The first kappa shape index (κ1) is 14.7. The highest BCUT2D eigenvalue weighted by molar-refractivity contribution is 5.40. The first-order chi connectivity index (χ1) is 9.58. The van der Waals surface area contributed by atoms with Crippen LogP contribution in [0.5, 0.6) is 0 Å². The predicted molar refractivity (Wildman–Crippen MR) is 78.9 cm³/mol. The molecule has 0 radical (unpaired) electrons. The molecule has 1 atom stereocenters. The molecule has 0 amide bonds. The molecule has 8 heteroatoms. The van der Waals surface area contributed by atoms with Crippen LogP contribution in [-0.4, -0.2) is 72.8 Å². The van der Waals surface area contributed by atoms with E-state index in [-0.39, 0.29) is 12.1 Å². The van der Waals surface area contributed by atoms with Crippen molar-refractivity contribution in [3.63, 3.8) is 0 Å². The van der Waals surface area contributed by atoms with Gasteiger partial charge in [0.2, 0.25) is 17.8 Å². The van der Waals surface area contributed by atoms with Crippen LogP contribution in [0.15, 0.2) is 0 Å². The average Bonchev–Trinajstić information content (AvgIpc) is 2.44. The topological polar surface area (TPSA) is 92.4 Å². The van der Waals surface area contributed by atoms with Gasteiger partial charge < -0.3 is 20.7 Å². The van der Waals surface area contributed by atoms with E-state index < -0.39 is 0 Å². The number of nitrogens with two attached hydrogens (primary N) is 1. The highest BCUT2D eigenvalue weighted by Gasteiger charge is 2.19. The minimum atomic E-state index is 0.143. The molecule has 8 nitrogen and oxygen atoms in total. The number of likely N-dealkylation sites (N-methyl/N-ethyl adjacent to an activating group) is 1. The molecule has 1 unspecified atom stereocenters. The molecule has 1 aliphatic rings. The van der Waals surface area contributed by atoms with Crippen LogP contribution >= 0.6 is 0 Å². The van der Waals surface area contributed by atoms with Crippen molar-refractivity contribution in [1.82, 2.24) is 19.9 Å². The summed E-state index contributed by atoms with van der Waals surface area (Å²) in [6.45, 7) is 6.55. The second-order valence-corrected chi connectivity index (χ2v) is 4.98. The van der Waals surface area contributed by atoms with Crippen LogP contribution in [0.3, 0.4) is 0 Å². The van der Waals surface area contributed by atoms with Crippen molar-refractivity contribution in [3.8, 4) is 0 Å². The Morgan fingerprint density at radius 1 is 1.40 bits per heavy atom. The minimum Gasteiger partial charge on any atom is -0.374 e. The van der Waals surface area contributed by atoms with Crippen LogP contribution in [0.4, 0.5) is 17.8 Å². The van der Waals surface area contributed by atoms with E-state index in [0.717, 1.165) is 26.2 Å². The lowest BCUT2D eigenvalue weighted by molar-refractivity contribution is -0.0192. The smallest absolute Gasteiger partial charge is 0.231 e. The zero-order chi connectivity index (χ0) is 14.5. The fraction of sp³-hybridized carbons (Fsp3) is 0.750. The van der Waals surface area contributed by atoms with Crippen LogP contribution in [-0.2, 0) is 4.74 Å². The lowest BCUT2D eigenvalue weighted by atomic mass is 10.2. The summed E-state index contributed by atoms with van der Waals surface area (Å²) in [6.07, 6.45) is 0.143. The third-order valence-electron chi connectivity index (χ3n) is 3.20. The van der Waals surface area contributed by atoms with Gasteiger partial charge in [-0.1, -0.05) is 6.92 Å². The number of rotatable bonds is 5. The summed E-state index contributed by atoms with van der Waals surface area (Å²) in [5.41, 5.74) is 5.68. The molecule has 1 aliphatic heterocycles. The van der Waals surface area contributed by atoms with E-state index >= 15 is 0 Å². The van der Waals surface area contributed by atoms with Crippen molar-refractivity contribution in [3.05, 3.63) is 0 Å². The van der Waals surface area contributed by atoms with Crippen molar-refractivity contribution in [1.29, 1.82) is 0 Å². The highest BCUT2D eigenvalue weighted by Crippen LogP contribution is 2.10. The molecule has 1 saturated heterocycles. The van der Waals surface area contributed by atoms with E-state index in [2.05, 4.69) is 32.1 Å². The molecular formula is C12H23N7O. The normalized spacial score (nSPS) is 19.9. The Kier molecular flexibility index (Phi) is 4.91. The van der Waals surface area contributed by atoms with Gasteiger partial charge in [0.25, 0.3) is 0 Å². The van der Waals surface area contributed by atoms with E-state index in [1.165, 1.54) is 0 Å². The van der Waals surface area contributed by atoms with Crippen LogP contribution in [0, 0.1) is 0 Å². The fourth-order valence-electron chi connectivity index (χ4n) is 2.06. The number of hydrogen-bond acceptors (Lipinski definition) is 8. The lowest BCUT2D eigenvalue weighted by Crippen LogP contribution is -2.45. The van der Waals surface area contributed by atoms with Gasteiger partial charge in [0.05, 0.1) is 12.7 Å². The first-order valence-corrected chi connectivity index (χ1v) is 6.85. The molecule has 0 spiro atoms. The minimum absolute atomic E-state index is 0.143. The summed E-state index contributed by atoms with van der Waals surface area (Å²) in [4.78, 5) is 16.6. The number of ether oxygens (including phenoxy) is 1. The maximum atomic E-state index is 5.72. The number of morpholine rings is 1. The highest BCUT2D eigenvalue weighted by atomic mass is 16.5. The second-order valence-electron chi connectivity index (χ2n) is 4.98. The van der Waals surface area contributed by atoms with Gasteiger partial charge in [0.1, 0.15) is 0 Å². The standard InChI is InChI=1S/C12H23N7O/c1-4-19-5-6-20-9(8-19)7-14-11-15-10(13)16-12(17-11)18(2)3/h9H,4-8H2,1-3H3,(H3,13,14,15,16,17). The molecule has 1 aromatic heterocycles. The van der Waals surface area contributed by atoms with Crippen LogP contribution in [0.2, 0.25) is 0 Å². The summed E-state index contributed by atoms with van der Waals surface area (Å²) in [7, 11) is 3.73. The number of hydrogen-bond donors (Lipinski definition) is 2. The maximum absolute atomic E-state index is 5.72. The number of aromatic nitrogens is 3. The van der Waals surface area contributed by atoms with Gasteiger partial charge in [0.15, 0.2) is 0 Å². The maximum Gasteiger partial charge on any atom is 0.231 e. The van der Waals surface area contributed by atoms with Crippen molar-refractivity contribution >= 4 is 17.8 Å². The zero-order valence-corrected chi connectivity index (χ0v) is 12.3. The third-order valence-corrected chi connectivity index (χ3v) is 3.20. The van der Waals surface area contributed by atoms with Gasteiger partial charge in [-0.05, 0) is 6.54 Å². The molecule has 0 bridgehead atoms. The molecule has 20 heavy (non-hydrogen) atoms. The van der Waals surface area contributed by atoms with Gasteiger partial charge in [-0.25, -0.2) is 0 Å². The number of nitrogens with zero attached hydrogens (tertiary/aromatic N) is 5. The largest absolute Gasteiger partial charge is 0.374 e. The Bertz CT molecular complexity index is 440. The molecule has 2 heterocycles. The SMILES string of the molecule is CCN1CCOC(CNc2nc(N)nc(N(C)C)n2)C1. The summed E-state index contributed by atoms with van der Waals surface area (Å²) in [5.74, 6) is 1.24. The third kappa shape index (κ3) is 3.91. The first-order valence-electron chi connectivity index (χ1n) is 6.85. The second kappa shape index (κ2) is 6.67. The molecule has 0 aromatic carbocycles. The van der Waals surface area contributed by atoms with Crippen molar-refractivity contribution in [2.45, 2.75) is 13.0 Å². The quantitative estimate of drug-likeness (QED) is 0.757. The molecular weight excluding hydrogens is 258 g/mol. The zero-order valence-electron chi connectivity index (χ0n) is 12.3. The molecule has 0 aliphatic carbocycles. The van der Waals surface area contributed by atoms with Gasteiger partial charge in [-0.2, -0.15) is 15.0 Å². The predicted octanol–water partition coefficient (Wildman–Crippen LogP) is -0.348. The van der Waals surface area contributed by atoms with E-state index in [1.54, 1.807) is 4.90 Å². The Balaban J connectivity index is 1.93. The Labute approximate surface area is 119 Å². The van der Waals surface area contributed by atoms with Gasteiger partial charge in [-0.15, -0.1) is 0 Å². The van der Waals surface area contributed by atoms with E-state index in [1.807, 2.05) is 14.1 Å². The van der Waals surface area contributed by atoms with Crippen molar-refractivity contribution in [2.24, 2.45) is 0 Å². The Morgan fingerprint density at radius 3 is 2.90 bits per heavy atom. The molecule has 1 fully saturated rings. The fourth-order valence-corrected chi connectivity index (χ4v) is 2.06. The molecule has 1 aromatic rings. The number of nitrogen functional groups attached to an aromatic ring is 1. The van der Waals surface area contributed by atoms with Crippen molar-refractivity contribution < 1.29 is 4.74 Å². The summed E-state index contributed by atoms with van der Waals surface area (Å²) in [5, 5.41) is 3.17. The van der Waals surface area contributed by atoms with E-state index in [9.17, 15) is 0 Å². The monoisotopic (exact) mass is 281 g/mol. The molecule has 112 valence electrons. The summed E-state index contributed by atoms with van der Waals surface area (Å²) in [6, 6.07) is 0. The van der Waals surface area contributed by atoms with Crippen molar-refractivity contribution in [2.75, 3.05) is 62.8 Å². The summed E-state index contributed by atoms with van der Waals surface area (Å²) < 4.78 is 5.72. The van der Waals surface area contributed by atoms with Crippen LogP contribution < -0.4 is 16.0 Å². The summed E-state index contributed by atoms with van der Waals surface area (Å²) >= 11 is 0.